The van der Waals surface area contributed by atoms with E-state index in [2.05, 4.69) is 21.2 Å². The van der Waals surface area contributed by atoms with Gasteiger partial charge in [-0.2, -0.15) is 5.26 Å². The van der Waals surface area contributed by atoms with Gasteiger partial charge in [0.05, 0.1) is 13.2 Å². The first-order chi connectivity index (χ1) is 15.3. The Labute approximate surface area is 200 Å². The molecule has 9 heteroatoms. The summed E-state index contributed by atoms with van der Waals surface area (Å²) < 4.78 is 16.5. The molecule has 1 N–H and O–H groups in total. The highest BCUT2D eigenvalue weighted by atomic mass is 79.9. The Morgan fingerprint density at radius 1 is 1.19 bits per heavy atom. The number of anilines is 1. The first-order valence-electron chi connectivity index (χ1n) is 9.73. The average Bonchev–Trinajstić information content (AvgIpc) is 2.76. The van der Waals surface area contributed by atoms with Crippen LogP contribution in [0.15, 0.2) is 40.4 Å². The van der Waals surface area contributed by atoms with Crippen molar-refractivity contribution in [1.29, 1.82) is 5.26 Å². The Hall–Kier alpha value is -3.02. The highest BCUT2D eigenvalue weighted by Crippen LogP contribution is 2.35. The number of esters is 1. The van der Waals surface area contributed by atoms with Crippen molar-refractivity contribution in [3.05, 3.63) is 56.5 Å². The first kappa shape index (κ1) is 25.2. The molecule has 0 unspecified atom stereocenters. The molecule has 0 aliphatic carbocycles. The maximum Gasteiger partial charge on any atom is 0.344 e. The Morgan fingerprint density at radius 3 is 2.56 bits per heavy atom. The molecule has 0 saturated heterocycles. The van der Waals surface area contributed by atoms with E-state index in [1.165, 1.54) is 6.08 Å². The molecular weight excluding hydrogens is 500 g/mol. The van der Waals surface area contributed by atoms with Crippen molar-refractivity contribution < 1.29 is 23.8 Å². The van der Waals surface area contributed by atoms with E-state index in [1.807, 2.05) is 6.07 Å². The molecule has 32 heavy (non-hydrogen) atoms. The van der Waals surface area contributed by atoms with Crippen LogP contribution < -0.4 is 14.8 Å². The molecule has 0 aromatic heterocycles. The molecule has 0 heterocycles. The van der Waals surface area contributed by atoms with Gasteiger partial charge in [-0.05, 0) is 62.2 Å². The summed E-state index contributed by atoms with van der Waals surface area (Å²) in [5.41, 5.74) is 1.61. The largest absolute Gasteiger partial charge is 0.490 e. The topological polar surface area (TPSA) is 97.7 Å². The fourth-order valence-corrected chi connectivity index (χ4v) is 3.23. The minimum Gasteiger partial charge on any atom is -0.490 e. The highest BCUT2D eigenvalue weighted by molar-refractivity contribution is 9.10. The molecular formula is C23H22BrClN2O5. The standard InChI is InChI=1S/C23H22BrClN2O5/c1-4-30-20-10-15(17(24)11-21(20)32-13-22(28)31-5-2)9-16(12-26)23(29)27-19-8-6-7-18(25)14(19)3/h6-11H,4-5,13H2,1-3H3,(H,27,29)/b16-9+. The second-order valence-corrected chi connectivity index (χ2v) is 7.65. The van der Waals surface area contributed by atoms with E-state index >= 15 is 0 Å². The summed E-state index contributed by atoms with van der Waals surface area (Å²) in [5.74, 6) is -0.406. The number of hydrogen-bond acceptors (Lipinski definition) is 6. The van der Waals surface area contributed by atoms with Crippen LogP contribution in [0.3, 0.4) is 0 Å². The number of nitrogens with one attached hydrogen (secondary N) is 1. The second kappa shape index (κ2) is 12.1. The lowest BCUT2D eigenvalue weighted by Gasteiger charge is -2.14. The molecule has 2 aromatic rings. The highest BCUT2D eigenvalue weighted by Gasteiger charge is 2.16. The number of carbonyl (C=O) groups excluding carboxylic acids is 2. The molecule has 0 saturated carbocycles. The predicted octanol–water partition coefficient (Wildman–Crippen LogP) is 5.30. The minimum absolute atomic E-state index is 0.118. The maximum atomic E-state index is 12.7. The Bertz CT molecular complexity index is 1080. The predicted molar refractivity (Wildman–Crippen MR) is 126 cm³/mol. The van der Waals surface area contributed by atoms with Crippen LogP contribution in [-0.2, 0) is 14.3 Å². The van der Waals surface area contributed by atoms with Crippen LogP contribution in [0, 0.1) is 18.3 Å². The zero-order valence-electron chi connectivity index (χ0n) is 17.8. The maximum absolute atomic E-state index is 12.7. The number of benzene rings is 2. The molecule has 168 valence electrons. The summed E-state index contributed by atoms with van der Waals surface area (Å²) in [6.45, 7) is 5.60. The minimum atomic E-state index is -0.578. The number of rotatable bonds is 9. The lowest BCUT2D eigenvalue weighted by molar-refractivity contribution is -0.145. The molecule has 0 atom stereocenters. The molecule has 0 aliphatic heterocycles. The molecule has 1 amide bonds. The van der Waals surface area contributed by atoms with Crippen molar-refractivity contribution in [2.45, 2.75) is 20.8 Å². The van der Waals surface area contributed by atoms with E-state index in [0.717, 1.165) is 0 Å². The third-order valence-electron chi connectivity index (χ3n) is 4.19. The van der Waals surface area contributed by atoms with E-state index in [1.54, 1.807) is 51.1 Å². The van der Waals surface area contributed by atoms with Gasteiger partial charge < -0.3 is 19.5 Å². The van der Waals surface area contributed by atoms with Crippen LogP contribution in [0.25, 0.3) is 6.08 Å². The monoisotopic (exact) mass is 520 g/mol. The SMILES string of the molecule is CCOC(=O)COc1cc(Br)c(/C=C(\C#N)C(=O)Nc2cccc(Cl)c2C)cc1OCC. The van der Waals surface area contributed by atoms with Crippen molar-refractivity contribution in [3.63, 3.8) is 0 Å². The van der Waals surface area contributed by atoms with Gasteiger partial charge in [0.1, 0.15) is 11.6 Å². The molecule has 0 fully saturated rings. The van der Waals surface area contributed by atoms with Crippen LogP contribution in [-0.4, -0.2) is 31.7 Å². The van der Waals surface area contributed by atoms with Gasteiger partial charge in [-0.15, -0.1) is 0 Å². The lowest BCUT2D eigenvalue weighted by atomic mass is 10.1. The summed E-state index contributed by atoms with van der Waals surface area (Å²) in [4.78, 5) is 24.3. The Balaban J connectivity index is 2.32. The van der Waals surface area contributed by atoms with Gasteiger partial charge >= 0.3 is 5.97 Å². The Kier molecular flexibility index (Phi) is 9.57. The smallest absolute Gasteiger partial charge is 0.344 e. The first-order valence-corrected chi connectivity index (χ1v) is 10.9. The number of ether oxygens (including phenoxy) is 3. The van der Waals surface area contributed by atoms with Crippen molar-refractivity contribution in [3.8, 4) is 17.6 Å². The van der Waals surface area contributed by atoms with Gasteiger partial charge in [0, 0.05) is 15.2 Å². The molecule has 0 spiro atoms. The summed E-state index contributed by atoms with van der Waals surface area (Å²) in [5, 5.41) is 12.8. The van der Waals surface area contributed by atoms with E-state index in [9.17, 15) is 14.9 Å². The van der Waals surface area contributed by atoms with Crippen LogP contribution in [0.1, 0.15) is 25.0 Å². The van der Waals surface area contributed by atoms with Gasteiger partial charge in [0.2, 0.25) is 0 Å². The van der Waals surface area contributed by atoms with Crippen LogP contribution >= 0.6 is 27.5 Å². The van der Waals surface area contributed by atoms with Crippen LogP contribution in [0.4, 0.5) is 5.69 Å². The van der Waals surface area contributed by atoms with E-state index in [-0.39, 0.29) is 18.8 Å². The van der Waals surface area contributed by atoms with Gasteiger partial charge in [0.15, 0.2) is 18.1 Å². The van der Waals surface area contributed by atoms with E-state index < -0.39 is 11.9 Å². The summed E-state index contributed by atoms with van der Waals surface area (Å²) in [7, 11) is 0. The molecule has 0 radical (unpaired) electrons. The normalized spacial score (nSPS) is 10.8. The van der Waals surface area contributed by atoms with Crippen molar-refractivity contribution >= 4 is 51.2 Å². The van der Waals surface area contributed by atoms with Crippen molar-refractivity contribution in [1.82, 2.24) is 0 Å². The lowest BCUT2D eigenvalue weighted by Crippen LogP contribution is -2.15. The van der Waals surface area contributed by atoms with E-state index in [0.29, 0.717) is 44.4 Å². The van der Waals surface area contributed by atoms with Crippen molar-refractivity contribution in [2.75, 3.05) is 25.1 Å². The molecule has 2 rings (SSSR count). The fraction of sp³-hybridized carbons (Fsp3) is 0.261. The summed E-state index contributed by atoms with van der Waals surface area (Å²) in [6.07, 6.45) is 1.43. The van der Waals surface area contributed by atoms with Gasteiger partial charge in [-0.3, -0.25) is 4.79 Å². The quantitative estimate of drug-likeness (QED) is 0.273. The number of carbonyl (C=O) groups is 2. The number of nitriles is 1. The van der Waals surface area contributed by atoms with Gasteiger partial charge in [0.25, 0.3) is 5.91 Å². The third kappa shape index (κ3) is 6.74. The van der Waals surface area contributed by atoms with Crippen LogP contribution in [0.2, 0.25) is 5.02 Å². The number of nitrogens with zero attached hydrogens (tertiary/aromatic N) is 1. The summed E-state index contributed by atoms with van der Waals surface area (Å²) in [6, 6.07) is 10.3. The van der Waals surface area contributed by atoms with Gasteiger partial charge in [-0.1, -0.05) is 33.6 Å². The third-order valence-corrected chi connectivity index (χ3v) is 5.29. The molecule has 2 aromatic carbocycles. The second-order valence-electron chi connectivity index (χ2n) is 6.38. The van der Waals surface area contributed by atoms with Crippen molar-refractivity contribution in [2.24, 2.45) is 0 Å². The zero-order valence-corrected chi connectivity index (χ0v) is 20.2. The molecule has 7 nitrogen and oxygen atoms in total. The molecule has 0 aliphatic rings. The number of amides is 1. The average molecular weight is 522 g/mol. The fourth-order valence-electron chi connectivity index (χ4n) is 2.62. The Morgan fingerprint density at radius 2 is 1.91 bits per heavy atom. The molecule has 0 bridgehead atoms. The number of hydrogen-bond donors (Lipinski definition) is 1. The number of halogens is 2. The van der Waals surface area contributed by atoms with Crippen LogP contribution in [0.5, 0.6) is 11.5 Å². The summed E-state index contributed by atoms with van der Waals surface area (Å²) >= 11 is 9.50. The van der Waals surface area contributed by atoms with Gasteiger partial charge in [-0.25, -0.2) is 4.79 Å². The zero-order chi connectivity index (χ0) is 23.7. The van der Waals surface area contributed by atoms with E-state index in [4.69, 9.17) is 25.8 Å².